The molecular formula is C17H20BrClN2. The van der Waals surface area contributed by atoms with Gasteiger partial charge in [-0.2, -0.15) is 0 Å². The summed E-state index contributed by atoms with van der Waals surface area (Å²) in [5.74, 6) is 0. The largest absolute Gasteiger partial charge is 0.370 e. The van der Waals surface area contributed by atoms with Crippen LogP contribution in [0.3, 0.4) is 0 Å². The maximum atomic E-state index is 5.96. The number of nitrogens with two attached hydrogens (primary N) is 1. The molecule has 0 bridgehead atoms. The summed E-state index contributed by atoms with van der Waals surface area (Å²) < 4.78 is 1.08. The standard InChI is InChI=1S/C17H20BrClN2/c1-12(20)9-14-5-6-15(18)10-17(14)21(2)11-13-3-7-16(19)8-4-13/h3-8,10,12H,9,11,20H2,1-2H3. The molecule has 1 atom stereocenters. The third-order valence-electron chi connectivity index (χ3n) is 3.33. The molecule has 0 aliphatic rings. The third kappa shape index (κ3) is 4.73. The first-order valence-corrected chi connectivity index (χ1v) is 8.12. The van der Waals surface area contributed by atoms with Gasteiger partial charge in [0.15, 0.2) is 0 Å². The first-order chi connectivity index (χ1) is 9.95. The maximum absolute atomic E-state index is 5.96. The van der Waals surface area contributed by atoms with Gasteiger partial charge in [-0.05, 0) is 48.7 Å². The van der Waals surface area contributed by atoms with Crippen molar-refractivity contribution in [2.24, 2.45) is 5.73 Å². The van der Waals surface area contributed by atoms with Crippen molar-refractivity contribution in [2.45, 2.75) is 25.9 Å². The molecule has 0 saturated carbocycles. The fourth-order valence-corrected chi connectivity index (χ4v) is 2.84. The lowest BCUT2D eigenvalue weighted by Gasteiger charge is -2.24. The van der Waals surface area contributed by atoms with Crippen molar-refractivity contribution in [2.75, 3.05) is 11.9 Å². The van der Waals surface area contributed by atoms with Gasteiger partial charge < -0.3 is 10.6 Å². The smallest absolute Gasteiger partial charge is 0.0426 e. The molecule has 2 rings (SSSR count). The zero-order valence-electron chi connectivity index (χ0n) is 12.3. The second kappa shape index (κ2) is 7.30. The van der Waals surface area contributed by atoms with E-state index in [9.17, 15) is 0 Å². The summed E-state index contributed by atoms with van der Waals surface area (Å²) >= 11 is 9.49. The Morgan fingerprint density at radius 1 is 1.19 bits per heavy atom. The van der Waals surface area contributed by atoms with E-state index in [1.165, 1.54) is 16.8 Å². The summed E-state index contributed by atoms with van der Waals surface area (Å²) in [6.45, 7) is 2.87. The molecule has 2 aromatic rings. The van der Waals surface area contributed by atoms with Gasteiger partial charge in [-0.1, -0.05) is 45.7 Å². The Balaban J connectivity index is 2.22. The number of halogens is 2. The fraction of sp³-hybridized carbons (Fsp3) is 0.294. The zero-order chi connectivity index (χ0) is 15.4. The Morgan fingerprint density at radius 3 is 2.48 bits per heavy atom. The van der Waals surface area contributed by atoms with E-state index in [1.54, 1.807) is 0 Å². The molecule has 0 saturated heterocycles. The van der Waals surface area contributed by atoms with Gasteiger partial charge in [-0.3, -0.25) is 0 Å². The minimum absolute atomic E-state index is 0.147. The lowest BCUT2D eigenvalue weighted by Crippen LogP contribution is -2.22. The molecule has 0 spiro atoms. The van der Waals surface area contributed by atoms with Crippen LogP contribution in [0.15, 0.2) is 46.9 Å². The molecule has 112 valence electrons. The van der Waals surface area contributed by atoms with E-state index in [0.29, 0.717) is 0 Å². The Bertz CT molecular complexity index is 596. The van der Waals surface area contributed by atoms with Crippen molar-refractivity contribution in [3.05, 3.63) is 63.1 Å². The van der Waals surface area contributed by atoms with Crippen LogP contribution in [0.5, 0.6) is 0 Å². The molecule has 0 aliphatic heterocycles. The number of nitrogens with zero attached hydrogens (tertiary/aromatic N) is 1. The lowest BCUT2D eigenvalue weighted by atomic mass is 10.0. The van der Waals surface area contributed by atoms with Crippen molar-refractivity contribution in [3.8, 4) is 0 Å². The summed E-state index contributed by atoms with van der Waals surface area (Å²) in [5.41, 5.74) is 9.66. The topological polar surface area (TPSA) is 29.3 Å². The second-order valence-electron chi connectivity index (χ2n) is 5.44. The number of benzene rings is 2. The van der Waals surface area contributed by atoms with Gasteiger partial charge in [0.2, 0.25) is 0 Å². The van der Waals surface area contributed by atoms with Crippen LogP contribution in [0.2, 0.25) is 5.02 Å². The fourth-order valence-electron chi connectivity index (χ4n) is 2.36. The quantitative estimate of drug-likeness (QED) is 0.835. The van der Waals surface area contributed by atoms with E-state index < -0.39 is 0 Å². The minimum Gasteiger partial charge on any atom is -0.370 e. The highest BCUT2D eigenvalue weighted by Crippen LogP contribution is 2.26. The summed E-state index contributed by atoms with van der Waals surface area (Å²) in [6.07, 6.45) is 0.869. The lowest BCUT2D eigenvalue weighted by molar-refractivity contribution is 0.734. The van der Waals surface area contributed by atoms with Crippen LogP contribution in [-0.2, 0) is 13.0 Å². The Morgan fingerprint density at radius 2 is 1.86 bits per heavy atom. The Labute approximate surface area is 140 Å². The Kier molecular flexibility index (Phi) is 5.68. The third-order valence-corrected chi connectivity index (χ3v) is 4.08. The number of hydrogen-bond acceptors (Lipinski definition) is 2. The van der Waals surface area contributed by atoms with Crippen molar-refractivity contribution < 1.29 is 0 Å². The van der Waals surface area contributed by atoms with Crippen LogP contribution >= 0.6 is 27.5 Å². The molecule has 0 aliphatic carbocycles. The van der Waals surface area contributed by atoms with E-state index in [1.807, 2.05) is 19.1 Å². The molecule has 2 N–H and O–H groups in total. The highest BCUT2D eigenvalue weighted by Gasteiger charge is 2.10. The SMILES string of the molecule is CC(N)Cc1ccc(Br)cc1N(C)Cc1ccc(Cl)cc1. The van der Waals surface area contributed by atoms with Gasteiger partial charge in [0.05, 0.1) is 0 Å². The van der Waals surface area contributed by atoms with Crippen molar-refractivity contribution in [1.82, 2.24) is 0 Å². The monoisotopic (exact) mass is 366 g/mol. The van der Waals surface area contributed by atoms with Crippen LogP contribution in [0.25, 0.3) is 0 Å². The average molecular weight is 368 g/mol. The predicted molar refractivity (Wildman–Crippen MR) is 95.1 cm³/mol. The Hall–Kier alpha value is -1.03. The summed E-state index contributed by atoms with van der Waals surface area (Å²) in [5, 5.41) is 0.765. The first kappa shape index (κ1) is 16.3. The van der Waals surface area contributed by atoms with E-state index in [2.05, 4.69) is 58.2 Å². The molecule has 0 fully saturated rings. The molecule has 2 aromatic carbocycles. The van der Waals surface area contributed by atoms with Gasteiger partial charge in [0.1, 0.15) is 0 Å². The van der Waals surface area contributed by atoms with Gasteiger partial charge in [0, 0.05) is 34.8 Å². The van der Waals surface area contributed by atoms with Gasteiger partial charge in [-0.25, -0.2) is 0 Å². The van der Waals surface area contributed by atoms with E-state index in [0.717, 1.165) is 22.5 Å². The van der Waals surface area contributed by atoms with Gasteiger partial charge in [0.25, 0.3) is 0 Å². The van der Waals surface area contributed by atoms with E-state index in [4.69, 9.17) is 17.3 Å². The molecule has 2 nitrogen and oxygen atoms in total. The maximum Gasteiger partial charge on any atom is 0.0426 e. The van der Waals surface area contributed by atoms with Gasteiger partial charge in [-0.15, -0.1) is 0 Å². The minimum atomic E-state index is 0.147. The molecular weight excluding hydrogens is 348 g/mol. The summed E-state index contributed by atoms with van der Waals surface area (Å²) in [6, 6.07) is 14.5. The molecule has 0 heterocycles. The highest BCUT2D eigenvalue weighted by atomic mass is 79.9. The number of hydrogen-bond donors (Lipinski definition) is 1. The van der Waals surface area contributed by atoms with Gasteiger partial charge >= 0.3 is 0 Å². The molecule has 0 amide bonds. The molecule has 0 aromatic heterocycles. The second-order valence-corrected chi connectivity index (χ2v) is 6.79. The molecule has 0 radical (unpaired) electrons. The zero-order valence-corrected chi connectivity index (χ0v) is 14.7. The number of anilines is 1. The summed E-state index contributed by atoms with van der Waals surface area (Å²) in [7, 11) is 2.10. The number of rotatable bonds is 5. The van der Waals surface area contributed by atoms with Crippen LogP contribution in [0, 0.1) is 0 Å². The van der Waals surface area contributed by atoms with Crippen LogP contribution < -0.4 is 10.6 Å². The molecule has 21 heavy (non-hydrogen) atoms. The molecule has 4 heteroatoms. The molecule has 1 unspecified atom stereocenters. The van der Waals surface area contributed by atoms with Crippen LogP contribution in [-0.4, -0.2) is 13.1 Å². The van der Waals surface area contributed by atoms with Crippen LogP contribution in [0.4, 0.5) is 5.69 Å². The van der Waals surface area contributed by atoms with Crippen molar-refractivity contribution >= 4 is 33.2 Å². The predicted octanol–water partition coefficient (Wildman–Crippen LogP) is 4.63. The first-order valence-electron chi connectivity index (χ1n) is 6.95. The average Bonchev–Trinajstić information content (AvgIpc) is 2.43. The van der Waals surface area contributed by atoms with E-state index in [-0.39, 0.29) is 6.04 Å². The highest BCUT2D eigenvalue weighted by molar-refractivity contribution is 9.10. The van der Waals surface area contributed by atoms with E-state index >= 15 is 0 Å². The summed E-state index contributed by atoms with van der Waals surface area (Å²) in [4.78, 5) is 2.24. The van der Waals surface area contributed by atoms with Crippen molar-refractivity contribution in [1.29, 1.82) is 0 Å². The normalized spacial score (nSPS) is 12.2. The van der Waals surface area contributed by atoms with Crippen LogP contribution in [0.1, 0.15) is 18.1 Å². The van der Waals surface area contributed by atoms with Crippen molar-refractivity contribution in [3.63, 3.8) is 0 Å².